The lowest BCUT2D eigenvalue weighted by Crippen LogP contribution is -2.21. The van der Waals surface area contributed by atoms with Crippen molar-refractivity contribution in [3.05, 3.63) is 169 Å². The minimum Gasteiger partial charge on any atom is -0.496 e. The predicted octanol–water partition coefficient (Wildman–Crippen LogP) is 11.6. The Labute approximate surface area is 400 Å². The molecule has 0 fully saturated rings. The number of hydrogen-bond acceptors (Lipinski definition) is 11. The molecule has 0 saturated heterocycles. The predicted molar refractivity (Wildman–Crippen MR) is 254 cm³/mol. The van der Waals surface area contributed by atoms with E-state index in [1.54, 1.807) is 92.3 Å². The number of benzene rings is 6. The van der Waals surface area contributed by atoms with Crippen molar-refractivity contribution in [2.75, 3.05) is 35.5 Å². The number of alkyl halides is 3. The summed E-state index contributed by atoms with van der Waals surface area (Å²) >= 11 is 0. The van der Waals surface area contributed by atoms with Gasteiger partial charge in [-0.25, -0.2) is 23.2 Å². The van der Waals surface area contributed by atoms with E-state index >= 15 is 0 Å². The third-order valence-electron chi connectivity index (χ3n) is 9.59. The molecule has 0 aliphatic rings. The number of rotatable bonds is 11. The van der Waals surface area contributed by atoms with Crippen molar-refractivity contribution in [3.8, 4) is 40.6 Å². The number of hydrogen-bond donors (Lipinski definition) is 6. The zero-order valence-corrected chi connectivity index (χ0v) is 37.2. The number of carbonyl (C=O) groups excluding carboxylic acids is 2. The van der Waals surface area contributed by atoms with Gasteiger partial charge in [-0.3, -0.25) is 9.97 Å². The van der Waals surface area contributed by atoms with Gasteiger partial charge in [-0.05, 0) is 133 Å². The van der Waals surface area contributed by atoms with E-state index in [1.807, 2.05) is 12.1 Å². The number of pyridine rings is 2. The molecule has 6 aromatic carbocycles. The minimum absolute atomic E-state index is 0.342. The average molecular weight is 975 g/mol. The lowest BCUT2D eigenvalue weighted by Gasteiger charge is -2.13. The Morgan fingerprint density at radius 3 is 1.31 bits per heavy atom. The molecule has 2 heterocycles. The van der Waals surface area contributed by atoms with Crippen LogP contribution in [0.15, 0.2) is 146 Å². The van der Waals surface area contributed by atoms with Crippen LogP contribution in [0.4, 0.5) is 54.3 Å². The van der Waals surface area contributed by atoms with E-state index in [1.165, 1.54) is 55.6 Å². The molecule has 0 atom stereocenters. The maximum Gasteiger partial charge on any atom is 0.490 e. The fourth-order valence-electron chi connectivity index (χ4n) is 6.24. The van der Waals surface area contributed by atoms with Crippen LogP contribution in [0.2, 0.25) is 0 Å². The van der Waals surface area contributed by atoms with E-state index in [0.29, 0.717) is 80.3 Å². The van der Waals surface area contributed by atoms with Crippen LogP contribution in [0, 0.1) is 23.0 Å². The van der Waals surface area contributed by atoms with Crippen LogP contribution in [-0.4, -0.2) is 53.5 Å². The number of carboxylic acid groups (broad SMARTS) is 1. The van der Waals surface area contributed by atoms with Gasteiger partial charge in [0.1, 0.15) is 52.2 Å². The van der Waals surface area contributed by atoms with Gasteiger partial charge >= 0.3 is 24.2 Å². The number of methoxy groups -OCH3 is 2. The van der Waals surface area contributed by atoms with E-state index in [9.17, 15) is 36.8 Å². The van der Waals surface area contributed by atoms with Gasteiger partial charge in [-0.1, -0.05) is 0 Å². The van der Waals surface area contributed by atoms with Crippen molar-refractivity contribution in [3.63, 3.8) is 0 Å². The van der Waals surface area contributed by atoms with Crippen molar-refractivity contribution in [1.29, 1.82) is 5.26 Å². The SMILES string of the molecule is COc1cc2c(Oc3ccc(NC(=O)Nc4ccc(F)cc4)cc3)ccnc2cc1C#N.COc1cc2c(Oc3ccc(NC(=O)Nc4ccc(F)cc4)cc3)ccnc2cc1CN.O=C(O)C(F)(F)F. The van der Waals surface area contributed by atoms with E-state index in [0.717, 1.165) is 16.5 Å². The molecule has 0 bridgehead atoms. The van der Waals surface area contributed by atoms with Gasteiger partial charge in [-0.15, -0.1) is 0 Å². The van der Waals surface area contributed by atoms with Gasteiger partial charge in [-0.2, -0.15) is 18.4 Å². The maximum atomic E-state index is 13.0. The lowest BCUT2D eigenvalue weighted by molar-refractivity contribution is -0.192. The Balaban J connectivity index is 0.000000205. The number of anilines is 4. The molecule has 2 aromatic heterocycles. The second-order valence-corrected chi connectivity index (χ2v) is 14.4. The van der Waals surface area contributed by atoms with E-state index < -0.39 is 24.2 Å². The summed E-state index contributed by atoms with van der Waals surface area (Å²) in [6.07, 6.45) is -1.82. The maximum absolute atomic E-state index is 13.0. The second kappa shape index (κ2) is 23.5. The van der Waals surface area contributed by atoms with Gasteiger partial charge in [0.05, 0.1) is 30.8 Å². The molecule has 0 radical (unpaired) electrons. The summed E-state index contributed by atoms with van der Waals surface area (Å²) in [5.74, 6) is -0.0979. The molecule has 8 rings (SSSR count). The molecule has 4 amide bonds. The van der Waals surface area contributed by atoms with Crippen LogP contribution in [0.25, 0.3) is 21.8 Å². The van der Waals surface area contributed by atoms with Crippen LogP contribution in [0.3, 0.4) is 0 Å². The number of carbonyl (C=O) groups is 3. The van der Waals surface area contributed by atoms with Crippen LogP contribution in [-0.2, 0) is 11.3 Å². The Morgan fingerprint density at radius 1 is 0.592 bits per heavy atom. The number of ether oxygens (including phenoxy) is 4. The van der Waals surface area contributed by atoms with Crippen molar-refractivity contribution in [1.82, 2.24) is 9.97 Å². The fourth-order valence-corrected chi connectivity index (χ4v) is 6.24. The molecule has 0 aliphatic carbocycles. The lowest BCUT2D eigenvalue weighted by atomic mass is 10.1. The van der Waals surface area contributed by atoms with E-state index in [4.69, 9.17) is 34.6 Å². The first-order valence-electron chi connectivity index (χ1n) is 20.6. The largest absolute Gasteiger partial charge is 0.496 e. The molecular weight excluding hydrogens is 936 g/mol. The molecule has 0 saturated carbocycles. The van der Waals surface area contributed by atoms with Crippen molar-refractivity contribution in [2.24, 2.45) is 5.73 Å². The third kappa shape index (κ3) is 14.2. The van der Waals surface area contributed by atoms with Crippen LogP contribution in [0.5, 0.6) is 34.5 Å². The highest BCUT2D eigenvalue weighted by Gasteiger charge is 2.38. The second-order valence-electron chi connectivity index (χ2n) is 14.4. The normalized spacial score (nSPS) is 10.5. The number of aromatic nitrogens is 2. The number of halogens is 5. The molecule has 7 N–H and O–H groups in total. The summed E-state index contributed by atoms with van der Waals surface area (Å²) in [6, 6.07) is 36.5. The van der Waals surface area contributed by atoms with Crippen molar-refractivity contribution >= 4 is 62.6 Å². The molecular formula is C50H39F5N8O8. The van der Waals surface area contributed by atoms with Gasteiger partial charge in [0.2, 0.25) is 0 Å². The third-order valence-corrected chi connectivity index (χ3v) is 9.59. The molecule has 71 heavy (non-hydrogen) atoms. The number of nitrogens with two attached hydrogens (primary N) is 1. The molecule has 0 unspecified atom stereocenters. The number of aliphatic carboxylic acids is 1. The van der Waals surface area contributed by atoms with Crippen LogP contribution >= 0.6 is 0 Å². The topological polar surface area (TPSA) is 232 Å². The minimum atomic E-state index is -5.08. The Hall–Kier alpha value is -9.55. The summed E-state index contributed by atoms with van der Waals surface area (Å²) < 4.78 is 80.4. The standard InChI is InChI=1S/C24H21FN4O3.C24H17FN4O3.C2HF3O2/c2*1-31-23-13-20-21(12-15(23)14-26)27-11-10-22(20)32-19-8-6-18(7-9-19)29-24(30)28-17-4-2-16(25)3-5-17;3-2(4,5)1(6)7/h2-13H,14,26H2,1H3,(H2,28,29,30);2-13H,1H3,(H2,28,29,30);(H,6,7). The zero-order valence-electron chi connectivity index (χ0n) is 37.2. The number of amides is 4. The number of urea groups is 2. The van der Waals surface area contributed by atoms with Gasteiger partial charge < -0.3 is 51.1 Å². The van der Waals surface area contributed by atoms with Gasteiger partial charge in [0.25, 0.3) is 0 Å². The van der Waals surface area contributed by atoms with Crippen molar-refractivity contribution in [2.45, 2.75) is 12.7 Å². The van der Waals surface area contributed by atoms with Crippen LogP contribution < -0.4 is 45.9 Å². The quantitative estimate of drug-likeness (QED) is 0.0665. The molecule has 0 aliphatic heterocycles. The number of fused-ring (bicyclic) bond motifs is 2. The summed E-state index contributed by atoms with van der Waals surface area (Å²) in [6.45, 7) is 0.342. The Morgan fingerprint density at radius 2 is 0.958 bits per heavy atom. The number of nitrogens with one attached hydrogen (secondary N) is 4. The van der Waals surface area contributed by atoms with E-state index in [2.05, 4.69) is 37.3 Å². The highest BCUT2D eigenvalue weighted by Crippen LogP contribution is 2.35. The average Bonchev–Trinajstić information content (AvgIpc) is 3.36. The van der Waals surface area contributed by atoms with Gasteiger partial charge in [0, 0.05) is 58.0 Å². The van der Waals surface area contributed by atoms with Crippen LogP contribution in [0.1, 0.15) is 11.1 Å². The highest BCUT2D eigenvalue weighted by molar-refractivity contribution is 6.00. The number of nitriles is 1. The smallest absolute Gasteiger partial charge is 0.490 e. The van der Waals surface area contributed by atoms with Crippen molar-refractivity contribution < 1.29 is 60.4 Å². The monoisotopic (exact) mass is 974 g/mol. The van der Waals surface area contributed by atoms with Gasteiger partial charge in [0.15, 0.2) is 0 Å². The molecule has 362 valence electrons. The summed E-state index contributed by atoms with van der Waals surface area (Å²) in [7, 11) is 3.09. The molecule has 21 heteroatoms. The zero-order chi connectivity index (χ0) is 51.1. The Kier molecular flexibility index (Phi) is 16.8. The molecule has 0 spiro atoms. The number of nitrogens with zero attached hydrogens (tertiary/aromatic N) is 3. The molecule has 16 nitrogen and oxygen atoms in total. The summed E-state index contributed by atoms with van der Waals surface area (Å²) in [4.78, 5) is 41.8. The highest BCUT2D eigenvalue weighted by atomic mass is 19.4. The molecule has 8 aromatic rings. The fraction of sp³-hybridized carbons (Fsp3) is 0.0800. The first-order valence-corrected chi connectivity index (χ1v) is 20.6. The first-order chi connectivity index (χ1) is 34.0. The number of carboxylic acids is 1. The summed E-state index contributed by atoms with van der Waals surface area (Å²) in [5, 5.41) is 28.5. The Bertz CT molecular complexity index is 3190. The summed E-state index contributed by atoms with van der Waals surface area (Å²) in [5.41, 5.74) is 10.5. The first kappa shape index (κ1) is 50.9. The van der Waals surface area contributed by atoms with E-state index in [-0.39, 0.29) is 11.6 Å².